The van der Waals surface area contributed by atoms with Crippen LogP contribution in [0, 0.1) is 11.3 Å². The highest BCUT2D eigenvalue weighted by molar-refractivity contribution is 6.31. The first-order valence-corrected chi connectivity index (χ1v) is 5.02. The second-order valence-electron chi connectivity index (χ2n) is 3.26. The molecule has 90 valence electrons. The molecule has 1 rings (SSSR count). The van der Waals surface area contributed by atoms with E-state index in [9.17, 15) is 15.0 Å². The largest absolute Gasteiger partial charge is 0.467 e. The van der Waals surface area contributed by atoms with Gasteiger partial charge >= 0.3 is 5.97 Å². The summed E-state index contributed by atoms with van der Waals surface area (Å²) in [6.07, 6.45) is -3.28. The number of benzene rings is 1. The monoisotopic (exact) mass is 255 g/mol. The number of nitriles is 1. The van der Waals surface area contributed by atoms with Crippen LogP contribution in [-0.2, 0) is 9.53 Å². The zero-order chi connectivity index (χ0) is 13.0. The number of carbonyl (C=O) groups excluding carboxylic acids is 1. The Hall–Kier alpha value is -1.61. The van der Waals surface area contributed by atoms with Crippen molar-refractivity contribution in [3.05, 3.63) is 34.3 Å². The highest BCUT2D eigenvalue weighted by Crippen LogP contribution is 2.26. The van der Waals surface area contributed by atoms with Crippen molar-refractivity contribution in [1.82, 2.24) is 0 Å². The zero-order valence-electron chi connectivity index (χ0n) is 8.92. The van der Waals surface area contributed by atoms with E-state index in [1.807, 2.05) is 6.07 Å². The van der Waals surface area contributed by atoms with E-state index < -0.39 is 18.2 Å². The SMILES string of the molecule is COC(=O)C(O)C(O)c1cc(C#N)ccc1Cl. The van der Waals surface area contributed by atoms with Gasteiger partial charge < -0.3 is 14.9 Å². The van der Waals surface area contributed by atoms with Gasteiger partial charge in [-0.05, 0) is 18.2 Å². The predicted octanol–water partition coefficient (Wildman–Crippen LogP) is 0.779. The Morgan fingerprint density at radius 1 is 1.53 bits per heavy atom. The first-order valence-electron chi connectivity index (χ1n) is 4.64. The lowest BCUT2D eigenvalue weighted by atomic mass is 10.0. The molecule has 0 aliphatic rings. The Morgan fingerprint density at radius 3 is 2.71 bits per heavy atom. The number of ether oxygens (including phenoxy) is 1. The van der Waals surface area contributed by atoms with E-state index in [1.165, 1.54) is 18.2 Å². The minimum Gasteiger partial charge on any atom is -0.467 e. The average Bonchev–Trinajstić information content (AvgIpc) is 2.36. The summed E-state index contributed by atoms with van der Waals surface area (Å²) in [7, 11) is 1.09. The van der Waals surface area contributed by atoms with E-state index in [0.29, 0.717) is 0 Å². The molecule has 1 aromatic carbocycles. The summed E-state index contributed by atoms with van der Waals surface area (Å²) in [5, 5.41) is 28.1. The van der Waals surface area contributed by atoms with Crippen molar-refractivity contribution in [2.45, 2.75) is 12.2 Å². The summed E-state index contributed by atoms with van der Waals surface area (Å²) < 4.78 is 4.29. The normalized spacial score (nSPS) is 13.6. The van der Waals surface area contributed by atoms with Crippen LogP contribution in [0.3, 0.4) is 0 Å². The van der Waals surface area contributed by atoms with Crippen molar-refractivity contribution in [2.24, 2.45) is 0 Å². The molecular weight excluding hydrogens is 246 g/mol. The van der Waals surface area contributed by atoms with Gasteiger partial charge in [0.05, 0.1) is 18.7 Å². The summed E-state index contributed by atoms with van der Waals surface area (Å²) in [6, 6.07) is 6.04. The summed E-state index contributed by atoms with van der Waals surface area (Å²) in [4.78, 5) is 11.1. The molecule has 0 radical (unpaired) electrons. The Bertz CT molecular complexity index is 469. The Morgan fingerprint density at radius 2 is 2.18 bits per heavy atom. The number of rotatable bonds is 3. The molecule has 2 N–H and O–H groups in total. The van der Waals surface area contributed by atoms with E-state index in [0.717, 1.165) is 7.11 Å². The number of halogens is 1. The van der Waals surface area contributed by atoms with Crippen molar-refractivity contribution in [3.63, 3.8) is 0 Å². The Balaban J connectivity index is 3.07. The molecule has 0 saturated carbocycles. The van der Waals surface area contributed by atoms with E-state index in [4.69, 9.17) is 16.9 Å². The van der Waals surface area contributed by atoms with Crippen LogP contribution < -0.4 is 0 Å². The predicted molar refractivity (Wildman–Crippen MR) is 59.1 cm³/mol. The lowest BCUT2D eigenvalue weighted by molar-refractivity contribution is -0.156. The fourth-order valence-electron chi connectivity index (χ4n) is 1.26. The second-order valence-corrected chi connectivity index (χ2v) is 3.67. The van der Waals surface area contributed by atoms with Gasteiger partial charge in [0.2, 0.25) is 0 Å². The molecule has 2 atom stereocenters. The Labute approximate surface area is 103 Å². The molecule has 0 aromatic heterocycles. The molecule has 0 heterocycles. The zero-order valence-corrected chi connectivity index (χ0v) is 9.68. The maximum atomic E-state index is 11.1. The number of hydrogen-bond donors (Lipinski definition) is 2. The second kappa shape index (κ2) is 5.64. The van der Waals surface area contributed by atoms with Crippen LogP contribution in [0.1, 0.15) is 17.2 Å². The smallest absolute Gasteiger partial charge is 0.337 e. The van der Waals surface area contributed by atoms with Gasteiger partial charge in [0.15, 0.2) is 6.10 Å². The van der Waals surface area contributed by atoms with Crippen LogP contribution in [0.4, 0.5) is 0 Å². The third-order valence-electron chi connectivity index (χ3n) is 2.19. The molecule has 17 heavy (non-hydrogen) atoms. The van der Waals surface area contributed by atoms with Crippen molar-refractivity contribution in [3.8, 4) is 6.07 Å². The molecule has 0 bridgehead atoms. The van der Waals surface area contributed by atoms with Gasteiger partial charge in [-0.25, -0.2) is 4.79 Å². The van der Waals surface area contributed by atoms with Crippen molar-refractivity contribution >= 4 is 17.6 Å². The molecule has 0 fully saturated rings. The molecule has 2 unspecified atom stereocenters. The lowest BCUT2D eigenvalue weighted by Gasteiger charge is -2.17. The molecule has 0 aliphatic carbocycles. The molecule has 0 amide bonds. The maximum Gasteiger partial charge on any atom is 0.337 e. The topological polar surface area (TPSA) is 90.6 Å². The first-order chi connectivity index (χ1) is 8.01. The van der Waals surface area contributed by atoms with Crippen molar-refractivity contribution < 1.29 is 19.7 Å². The first kappa shape index (κ1) is 13.5. The average molecular weight is 256 g/mol. The van der Waals surface area contributed by atoms with Gasteiger partial charge in [0.25, 0.3) is 0 Å². The highest BCUT2D eigenvalue weighted by atomic mass is 35.5. The Kier molecular flexibility index (Phi) is 4.46. The van der Waals surface area contributed by atoms with Crippen LogP contribution in [0.5, 0.6) is 0 Å². The number of aliphatic hydroxyl groups excluding tert-OH is 2. The van der Waals surface area contributed by atoms with Gasteiger partial charge in [-0.1, -0.05) is 11.6 Å². The van der Waals surface area contributed by atoms with Crippen LogP contribution >= 0.6 is 11.6 Å². The van der Waals surface area contributed by atoms with E-state index in [1.54, 1.807) is 0 Å². The third kappa shape index (κ3) is 2.94. The van der Waals surface area contributed by atoms with Crippen LogP contribution in [0.15, 0.2) is 18.2 Å². The van der Waals surface area contributed by atoms with Crippen LogP contribution in [0.25, 0.3) is 0 Å². The number of aliphatic hydroxyl groups is 2. The summed E-state index contributed by atoms with van der Waals surface area (Å²) in [6.45, 7) is 0. The summed E-state index contributed by atoms with van der Waals surface area (Å²) in [5.41, 5.74) is 0.365. The number of esters is 1. The van der Waals surface area contributed by atoms with Gasteiger partial charge in [-0.2, -0.15) is 5.26 Å². The van der Waals surface area contributed by atoms with Gasteiger partial charge in [0.1, 0.15) is 6.10 Å². The standard InChI is InChI=1S/C11H10ClNO4/c1-17-11(16)10(15)9(14)7-4-6(5-13)2-3-8(7)12/h2-4,9-10,14-15H,1H3. The fourth-order valence-corrected chi connectivity index (χ4v) is 1.49. The molecular formula is C11H10ClNO4. The van der Waals surface area contributed by atoms with Crippen molar-refractivity contribution in [2.75, 3.05) is 7.11 Å². The fraction of sp³-hybridized carbons (Fsp3) is 0.273. The van der Waals surface area contributed by atoms with E-state index >= 15 is 0 Å². The quantitative estimate of drug-likeness (QED) is 0.779. The molecule has 1 aromatic rings. The van der Waals surface area contributed by atoms with Gasteiger partial charge in [0, 0.05) is 10.6 Å². The third-order valence-corrected chi connectivity index (χ3v) is 2.53. The highest BCUT2D eigenvalue weighted by Gasteiger charge is 2.28. The molecule has 0 saturated heterocycles. The maximum absolute atomic E-state index is 11.1. The molecule has 6 heteroatoms. The number of carbonyl (C=O) groups is 1. The molecule has 0 aliphatic heterocycles. The van der Waals surface area contributed by atoms with E-state index in [-0.39, 0.29) is 16.1 Å². The van der Waals surface area contributed by atoms with Crippen LogP contribution in [-0.4, -0.2) is 29.4 Å². The number of nitrogens with zero attached hydrogens (tertiary/aromatic N) is 1. The minimum atomic E-state index is -1.74. The molecule has 5 nitrogen and oxygen atoms in total. The summed E-state index contributed by atoms with van der Waals surface area (Å²) in [5.74, 6) is -0.976. The number of hydrogen-bond acceptors (Lipinski definition) is 5. The van der Waals surface area contributed by atoms with Crippen molar-refractivity contribution in [1.29, 1.82) is 5.26 Å². The number of methoxy groups -OCH3 is 1. The van der Waals surface area contributed by atoms with Gasteiger partial charge in [-0.3, -0.25) is 0 Å². The van der Waals surface area contributed by atoms with Crippen LogP contribution in [0.2, 0.25) is 5.02 Å². The van der Waals surface area contributed by atoms with E-state index in [2.05, 4.69) is 4.74 Å². The minimum absolute atomic E-state index is 0.101. The van der Waals surface area contributed by atoms with Gasteiger partial charge in [-0.15, -0.1) is 0 Å². The molecule has 0 spiro atoms. The summed E-state index contributed by atoms with van der Waals surface area (Å²) >= 11 is 5.81. The lowest BCUT2D eigenvalue weighted by Crippen LogP contribution is -2.29.